The quantitative estimate of drug-likeness (QED) is 0.420. The minimum absolute atomic E-state index is 0.489. The van der Waals surface area contributed by atoms with Gasteiger partial charge in [0, 0.05) is 12.5 Å². The summed E-state index contributed by atoms with van der Waals surface area (Å²) in [4.78, 5) is 9.63. The summed E-state index contributed by atoms with van der Waals surface area (Å²) in [5.74, 6) is 1.60. The van der Waals surface area contributed by atoms with Crippen LogP contribution in [-0.4, -0.2) is 4.92 Å². The minimum Gasteiger partial charge on any atom is -0.258 e. The van der Waals surface area contributed by atoms with Crippen molar-refractivity contribution in [3.8, 4) is 12.3 Å². The number of hydrogen-bond acceptors (Lipinski definition) is 2. The number of nitro benzene ring substituents is 1. The molecule has 14 heavy (non-hydrogen) atoms. The number of nitro groups is 1. The SMILES string of the molecule is C#CCCc1ccc(F)c([N+](=O)[O-])c1. The fourth-order valence-corrected chi connectivity index (χ4v) is 1.07. The molecule has 1 rings (SSSR count). The van der Waals surface area contributed by atoms with Gasteiger partial charge in [0.1, 0.15) is 0 Å². The zero-order valence-electron chi connectivity index (χ0n) is 7.37. The second-order valence-electron chi connectivity index (χ2n) is 2.75. The van der Waals surface area contributed by atoms with E-state index in [0.717, 1.165) is 6.07 Å². The molecule has 1 aromatic carbocycles. The molecule has 0 fully saturated rings. The van der Waals surface area contributed by atoms with Crippen molar-refractivity contribution in [1.82, 2.24) is 0 Å². The second kappa shape index (κ2) is 4.38. The van der Waals surface area contributed by atoms with Crippen molar-refractivity contribution in [2.24, 2.45) is 0 Å². The van der Waals surface area contributed by atoms with Gasteiger partial charge >= 0.3 is 5.69 Å². The highest BCUT2D eigenvalue weighted by atomic mass is 19.1. The molecule has 0 radical (unpaired) electrons. The van der Waals surface area contributed by atoms with Gasteiger partial charge in [-0.3, -0.25) is 10.1 Å². The third-order valence-corrected chi connectivity index (χ3v) is 1.77. The van der Waals surface area contributed by atoms with Crippen molar-refractivity contribution in [3.05, 3.63) is 39.7 Å². The van der Waals surface area contributed by atoms with Gasteiger partial charge in [-0.05, 0) is 18.1 Å². The summed E-state index contributed by atoms with van der Waals surface area (Å²) in [5, 5.41) is 10.4. The van der Waals surface area contributed by atoms with E-state index in [1.165, 1.54) is 12.1 Å². The number of rotatable bonds is 3. The van der Waals surface area contributed by atoms with Gasteiger partial charge in [0.25, 0.3) is 0 Å². The van der Waals surface area contributed by atoms with E-state index in [0.29, 0.717) is 18.4 Å². The van der Waals surface area contributed by atoms with Crippen LogP contribution in [-0.2, 0) is 6.42 Å². The normalized spacial score (nSPS) is 9.43. The van der Waals surface area contributed by atoms with Crippen LogP contribution in [0.15, 0.2) is 18.2 Å². The van der Waals surface area contributed by atoms with Gasteiger partial charge in [-0.25, -0.2) is 0 Å². The van der Waals surface area contributed by atoms with Crippen molar-refractivity contribution < 1.29 is 9.31 Å². The molecule has 0 aliphatic heterocycles. The van der Waals surface area contributed by atoms with E-state index in [1.807, 2.05) is 0 Å². The van der Waals surface area contributed by atoms with E-state index in [4.69, 9.17) is 6.42 Å². The van der Waals surface area contributed by atoms with E-state index in [2.05, 4.69) is 5.92 Å². The molecule has 4 heteroatoms. The van der Waals surface area contributed by atoms with Gasteiger partial charge < -0.3 is 0 Å². The topological polar surface area (TPSA) is 43.1 Å². The van der Waals surface area contributed by atoms with Gasteiger partial charge in [0.05, 0.1) is 4.92 Å². The fraction of sp³-hybridized carbons (Fsp3) is 0.200. The van der Waals surface area contributed by atoms with Crippen molar-refractivity contribution in [2.45, 2.75) is 12.8 Å². The summed E-state index contributed by atoms with van der Waals surface area (Å²) in [7, 11) is 0. The first kappa shape index (κ1) is 10.2. The van der Waals surface area contributed by atoms with Crippen LogP contribution >= 0.6 is 0 Å². The van der Waals surface area contributed by atoms with Crippen LogP contribution in [0.1, 0.15) is 12.0 Å². The van der Waals surface area contributed by atoms with E-state index in [1.54, 1.807) is 0 Å². The lowest BCUT2D eigenvalue weighted by Crippen LogP contribution is -1.94. The number of aryl methyl sites for hydroxylation is 1. The molecule has 3 nitrogen and oxygen atoms in total. The molecule has 0 bridgehead atoms. The molecule has 0 heterocycles. The standard InChI is InChI=1S/C10H8FNO2/c1-2-3-4-8-5-6-9(11)10(7-8)12(13)14/h1,5-7H,3-4H2. The predicted molar refractivity (Wildman–Crippen MR) is 50.2 cm³/mol. The summed E-state index contributed by atoms with van der Waals surface area (Å²) in [6, 6.07) is 3.80. The third kappa shape index (κ3) is 2.30. The van der Waals surface area contributed by atoms with Crippen LogP contribution in [0.2, 0.25) is 0 Å². The molecule has 0 N–H and O–H groups in total. The fourth-order valence-electron chi connectivity index (χ4n) is 1.07. The first-order valence-corrected chi connectivity index (χ1v) is 4.01. The number of benzene rings is 1. The Morgan fingerprint density at radius 1 is 1.57 bits per heavy atom. The van der Waals surface area contributed by atoms with E-state index in [9.17, 15) is 14.5 Å². The molecule has 72 valence electrons. The van der Waals surface area contributed by atoms with Crippen LogP contribution in [0.5, 0.6) is 0 Å². The molecule has 0 atom stereocenters. The highest BCUT2D eigenvalue weighted by Gasteiger charge is 2.13. The monoisotopic (exact) mass is 193 g/mol. The minimum atomic E-state index is -0.820. The third-order valence-electron chi connectivity index (χ3n) is 1.77. The van der Waals surface area contributed by atoms with Crippen LogP contribution in [0, 0.1) is 28.3 Å². The lowest BCUT2D eigenvalue weighted by molar-refractivity contribution is -0.387. The van der Waals surface area contributed by atoms with E-state index in [-0.39, 0.29) is 0 Å². The Morgan fingerprint density at radius 3 is 2.86 bits per heavy atom. The second-order valence-corrected chi connectivity index (χ2v) is 2.75. The van der Waals surface area contributed by atoms with Crippen molar-refractivity contribution in [3.63, 3.8) is 0 Å². The number of nitrogens with zero attached hydrogens (tertiary/aromatic N) is 1. The summed E-state index contributed by atoms with van der Waals surface area (Å²) < 4.78 is 12.9. The highest BCUT2D eigenvalue weighted by molar-refractivity contribution is 5.36. The molecule has 0 saturated heterocycles. The average molecular weight is 193 g/mol. The molecule has 0 spiro atoms. The van der Waals surface area contributed by atoms with Gasteiger partial charge in [-0.15, -0.1) is 12.3 Å². The molecule has 0 aliphatic carbocycles. The van der Waals surface area contributed by atoms with E-state index >= 15 is 0 Å². The molecular formula is C10H8FNO2. The Bertz CT molecular complexity index is 396. The number of terminal acetylenes is 1. The van der Waals surface area contributed by atoms with Crippen molar-refractivity contribution >= 4 is 5.69 Å². The largest absolute Gasteiger partial charge is 0.305 e. The molecule has 1 aromatic rings. The Balaban J connectivity index is 2.96. The lowest BCUT2D eigenvalue weighted by Gasteiger charge is -1.98. The van der Waals surface area contributed by atoms with Crippen molar-refractivity contribution in [2.75, 3.05) is 0 Å². The Morgan fingerprint density at radius 2 is 2.29 bits per heavy atom. The maximum Gasteiger partial charge on any atom is 0.305 e. The average Bonchev–Trinajstić information content (AvgIpc) is 2.16. The smallest absolute Gasteiger partial charge is 0.258 e. The van der Waals surface area contributed by atoms with Crippen LogP contribution in [0.25, 0.3) is 0 Å². The van der Waals surface area contributed by atoms with Gasteiger partial charge in [-0.1, -0.05) is 6.07 Å². The van der Waals surface area contributed by atoms with Crippen LogP contribution < -0.4 is 0 Å². The maximum absolute atomic E-state index is 12.9. The number of halogens is 1. The van der Waals surface area contributed by atoms with Crippen LogP contribution in [0.3, 0.4) is 0 Å². The Kier molecular flexibility index (Phi) is 3.19. The summed E-state index contributed by atoms with van der Waals surface area (Å²) in [6.45, 7) is 0. The maximum atomic E-state index is 12.9. The van der Waals surface area contributed by atoms with Gasteiger partial charge in [-0.2, -0.15) is 4.39 Å². The van der Waals surface area contributed by atoms with Crippen molar-refractivity contribution in [1.29, 1.82) is 0 Å². The molecule has 0 aromatic heterocycles. The predicted octanol–water partition coefficient (Wildman–Crippen LogP) is 2.30. The molecule has 0 unspecified atom stereocenters. The molecular weight excluding hydrogens is 185 g/mol. The van der Waals surface area contributed by atoms with E-state index < -0.39 is 16.4 Å². The first-order chi connectivity index (χ1) is 6.65. The Labute approximate surface area is 80.7 Å². The molecule has 0 saturated carbocycles. The summed E-state index contributed by atoms with van der Waals surface area (Å²) >= 11 is 0. The summed E-state index contributed by atoms with van der Waals surface area (Å²) in [5.41, 5.74) is 0.176. The molecule has 0 aliphatic rings. The first-order valence-electron chi connectivity index (χ1n) is 4.01. The highest BCUT2D eigenvalue weighted by Crippen LogP contribution is 2.19. The van der Waals surface area contributed by atoms with Gasteiger partial charge in [0.15, 0.2) is 0 Å². The zero-order valence-corrected chi connectivity index (χ0v) is 7.37. The van der Waals surface area contributed by atoms with Gasteiger partial charge in [0.2, 0.25) is 5.82 Å². The Hall–Kier alpha value is -1.89. The lowest BCUT2D eigenvalue weighted by atomic mass is 10.1. The zero-order chi connectivity index (χ0) is 10.6. The van der Waals surface area contributed by atoms with Crippen LogP contribution in [0.4, 0.5) is 10.1 Å². The number of hydrogen-bond donors (Lipinski definition) is 0. The summed E-state index contributed by atoms with van der Waals surface area (Å²) in [6.07, 6.45) is 6.06. The molecule has 0 amide bonds.